The molecule has 1 aromatic rings. The van der Waals surface area contributed by atoms with E-state index in [0.29, 0.717) is 0 Å². The first kappa shape index (κ1) is 10.6. The van der Waals surface area contributed by atoms with Crippen molar-refractivity contribution < 1.29 is 8.78 Å². The van der Waals surface area contributed by atoms with Gasteiger partial charge < -0.3 is 5.32 Å². The van der Waals surface area contributed by atoms with Crippen LogP contribution in [-0.4, -0.2) is 13.1 Å². The highest BCUT2D eigenvalue weighted by Crippen LogP contribution is 2.35. The summed E-state index contributed by atoms with van der Waals surface area (Å²) in [6.07, 6.45) is -0.0382. The van der Waals surface area contributed by atoms with E-state index in [2.05, 4.69) is 5.32 Å². The van der Waals surface area contributed by atoms with Gasteiger partial charge in [0.1, 0.15) is 0 Å². The fourth-order valence-corrected chi connectivity index (χ4v) is 1.85. The minimum Gasteiger partial charge on any atom is -0.316 e. The fraction of sp³-hybridized carbons (Fsp3) is 0.500. The van der Waals surface area contributed by atoms with Gasteiger partial charge in [0.25, 0.3) is 5.92 Å². The quantitative estimate of drug-likeness (QED) is 0.810. The maximum Gasteiger partial charge on any atom is 0.273 e. The van der Waals surface area contributed by atoms with Crippen LogP contribution in [0.2, 0.25) is 0 Å². The van der Waals surface area contributed by atoms with Crippen LogP contribution in [0.3, 0.4) is 0 Å². The molecule has 1 N–H and O–H groups in total. The molecule has 3 heteroatoms. The zero-order chi connectivity index (χ0) is 10.9. The summed E-state index contributed by atoms with van der Waals surface area (Å²) in [5.74, 6) is -2.56. The summed E-state index contributed by atoms with van der Waals surface area (Å²) in [7, 11) is 0. The molecule has 1 aliphatic heterocycles. The Balaban J connectivity index is 2.12. The van der Waals surface area contributed by atoms with Crippen molar-refractivity contribution in [3.05, 3.63) is 35.4 Å². The molecule has 1 heterocycles. The molecule has 0 aromatic heterocycles. The van der Waals surface area contributed by atoms with E-state index in [1.165, 1.54) is 6.07 Å². The summed E-state index contributed by atoms with van der Waals surface area (Å²) in [5.41, 5.74) is 1.04. The smallest absolute Gasteiger partial charge is 0.273 e. The van der Waals surface area contributed by atoms with Gasteiger partial charge in [0.05, 0.1) is 0 Å². The van der Waals surface area contributed by atoms with Gasteiger partial charge in [-0.2, -0.15) is 0 Å². The lowest BCUT2D eigenvalue weighted by molar-refractivity contribution is -0.0356. The van der Waals surface area contributed by atoms with E-state index in [4.69, 9.17) is 0 Å². The highest BCUT2D eigenvalue weighted by molar-refractivity contribution is 5.26. The lowest BCUT2D eigenvalue weighted by atomic mass is 9.91. The minimum atomic E-state index is -2.68. The summed E-state index contributed by atoms with van der Waals surface area (Å²) in [4.78, 5) is 0. The Morgan fingerprint density at radius 3 is 2.67 bits per heavy atom. The summed E-state index contributed by atoms with van der Waals surface area (Å²) in [6.45, 7) is 3.29. The predicted molar refractivity (Wildman–Crippen MR) is 56.0 cm³/mol. The third kappa shape index (κ3) is 2.34. The molecular formula is C12H15F2N. The van der Waals surface area contributed by atoms with Crippen molar-refractivity contribution >= 4 is 0 Å². The average Bonchev–Trinajstić information content (AvgIpc) is 2.12. The highest BCUT2D eigenvalue weighted by Gasteiger charge is 2.36. The minimum absolute atomic E-state index is 0.0382. The Hall–Kier alpha value is -0.960. The second kappa shape index (κ2) is 3.89. The van der Waals surface area contributed by atoms with Gasteiger partial charge >= 0.3 is 0 Å². The molecule has 1 aliphatic rings. The van der Waals surface area contributed by atoms with Gasteiger partial charge in [-0.15, -0.1) is 0 Å². The fourth-order valence-electron chi connectivity index (χ4n) is 1.85. The van der Waals surface area contributed by atoms with E-state index in [9.17, 15) is 8.78 Å². The first-order valence-electron chi connectivity index (χ1n) is 5.23. The number of halogens is 2. The third-order valence-electron chi connectivity index (χ3n) is 2.85. The van der Waals surface area contributed by atoms with Gasteiger partial charge in [-0.25, -0.2) is 8.78 Å². The molecule has 1 aromatic carbocycles. The molecule has 0 atom stereocenters. The topological polar surface area (TPSA) is 12.0 Å². The van der Waals surface area contributed by atoms with E-state index in [-0.39, 0.29) is 17.9 Å². The first-order valence-corrected chi connectivity index (χ1v) is 5.23. The third-order valence-corrected chi connectivity index (χ3v) is 2.85. The predicted octanol–water partition coefficient (Wildman–Crippen LogP) is 2.70. The van der Waals surface area contributed by atoms with Gasteiger partial charge in [0.2, 0.25) is 0 Å². The SMILES string of the molecule is Cc1cccc(C(F)(F)CC2CNC2)c1. The van der Waals surface area contributed by atoms with Crippen molar-refractivity contribution in [1.29, 1.82) is 0 Å². The zero-order valence-corrected chi connectivity index (χ0v) is 8.76. The molecule has 0 amide bonds. The Labute approximate surface area is 88.5 Å². The van der Waals surface area contributed by atoms with Gasteiger partial charge in [-0.3, -0.25) is 0 Å². The summed E-state index contributed by atoms with van der Waals surface area (Å²) in [6, 6.07) is 6.62. The molecule has 0 spiro atoms. The standard InChI is InChI=1S/C12H15F2N/c1-9-3-2-4-11(5-9)12(13,14)6-10-7-15-8-10/h2-5,10,15H,6-8H2,1H3. The molecular weight excluding hydrogens is 196 g/mol. The van der Waals surface area contributed by atoms with Crippen molar-refractivity contribution in [1.82, 2.24) is 5.32 Å². The Bertz CT molecular complexity index is 345. The monoisotopic (exact) mass is 211 g/mol. The Kier molecular flexibility index (Phi) is 2.74. The van der Waals surface area contributed by atoms with E-state index < -0.39 is 5.92 Å². The molecule has 15 heavy (non-hydrogen) atoms. The van der Waals surface area contributed by atoms with Gasteiger partial charge in [0.15, 0.2) is 0 Å². The Morgan fingerprint density at radius 1 is 1.40 bits per heavy atom. The van der Waals surface area contributed by atoms with Gasteiger partial charge in [-0.05, 0) is 25.9 Å². The van der Waals surface area contributed by atoms with Crippen LogP contribution in [0.25, 0.3) is 0 Å². The van der Waals surface area contributed by atoms with Crippen LogP contribution < -0.4 is 5.32 Å². The van der Waals surface area contributed by atoms with E-state index in [1.807, 2.05) is 13.0 Å². The van der Waals surface area contributed by atoms with E-state index in [1.54, 1.807) is 12.1 Å². The molecule has 0 unspecified atom stereocenters. The molecule has 0 bridgehead atoms. The molecule has 82 valence electrons. The maximum atomic E-state index is 13.8. The van der Waals surface area contributed by atoms with Crippen molar-refractivity contribution in [2.75, 3.05) is 13.1 Å². The number of alkyl halides is 2. The largest absolute Gasteiger partial charge is 0.316 e. The molecule has 1 nitrogen and oxygen atoms in total. The van der Waals surface area contributed by atoms with Crippen molar-refractivity contribution in [2.45, 2.75) is 19.3 Å². The lowest BCUT2D eigenvalue weighted by Crippen LogP contribution is -2.44. The normalized spacial score (nSPS) is 17.5. The lowest BCUT2D eigenvalue weighted by Gasteiger charge is -2.30. The molecule has 1 fully saturated rings. The highest BCUT2D eigenvalue weighted by atomic mass is 19.3. The van der Waals surface area contributed by atoms with Crippen LogP contribution in [0, 0.1) is 12.8 Å². The number of benzene rings is 1. The number of hydrogen-bond acceptors (Lipinski definition) is 1. The van der Waals surface area contributed by atoms with Crippen molar-refractivity contribution in [2.24, 2.45) is 5.92 Å². The molecule has 1 saturated heterocycles. The van der Waals surface area contributed by atoms with E-state index in [0.717, 1.165) is 18.7 Å². The van der Waals surface area contributed by atoms with Gasteiger partial charge in [-0.1, -0.05) is 29.8 Å². The number of aryl methyl sites for hydroxylation is 1. The second-order valence-electron chi connectivity index (χ2n) is 4.30. The molecule has 0 aliphatic carbocycles. The van der Waals surface area contributed by atoms with Crippen molar-refractivity contribution in [3.8, 4) is 0 Å². The number of nitrogens with one attached hydrogen (secondary N) is 1. The second-order valence-corrected chi connectivity index (χ2v) is 4.30. The molecule has 0 radical (unpaired) electrons. The van der Waals surface area contributed by atoms with Crippen LogP contribution >= 0.6 is 0 Å². The van der Waals surface area contributed by atoms with Crippen LogP contribution in [0.4, 0.5) is 8.78 Å². The number of hydrogen-bond donors (Lipinski definition) is 1. The van der Waals surface area contributed by atoms with Crippen molar-refractivity contribution in [3.63, 3.8) is 0 Å². The first-order chi connectivity index (χ1) is 7.08. The zero-order valence-electron chi connectivity index (χ0n) is 8.76. The summed E-state index contributed by atoms with van der Waals surface area (Å²) < 4.78 is 27.6. The molecule has 2 rings (SSSR count). The molecule has 0 saturated carbocycles. The van der Waals surface area contributed by atoms with E-state index >= 15 is 0 Å². The van der Waals surface area contributed by atoms with Crippen LogP contribution in [-0.2, 0) is 5.92 Å². The van der Waals surface area contributed by atoms with Crippen LogP contribution in [0.1, 0.15) is 17.5 Å². The summed E-state index contributed by atoms with van der Waals surface area (Å²) >= 11 is 0. The van der Waals surface area contributed by atoms with Gasteiger partial charge in [0, 0.05) is 12.0 Å². The number of rotatable bonds is 3. The maximum absolute atomic E-state index is 13.8. The Morgan fingerprint density at radius 2 is 2.13 bits per heavy atom. The average molecular weight is 211 g/mol. The van der Waals surface area contributed by atoms with Crippen LogP contribution in [0.15, 0.2) is 24.3 Å². The van der Waals surface area contributed by atoms with Crippen LogP contribution in [0.5, 0.6) is 0 Å². The summed E-state index contributed by atoms with van der Waals surface area (Å²) in [5, 5.41) is 3.01.